The second-order valence-electron chi connectivity index (χ2n) is 6.62. The third kappa shape index (κ3) is 3.58. The highest BCUT2D eigenvalue weighted by Crippen LogP contribution is 2.39. The van der Waals surface area contributed by atoms with Gasteiger partial charge in [0.1, 0.15) is 12.1 Å². The van der Waals surface area contributed by atoms with Gasteiger partial charge in [0.15, 0.2) is 0 Å². The second-order valence-corrected chi connectivity index (χ2v) is 7.00. The number of aromatic nitrogens is 2. The molecule has 0 bridgehead atoms. The number of anilines is 1. The van der Waals surface area contributed by atoms with Crippen molar-refractivity contribution in [3.05, 3.63) is 44.7 Å². The Kier molecular flexibility index (Phi) is 5.27. The van der Waals surface area contributed by atoms with Crippen molar-refractivity contribution in [3.63, 3.8) is 0 Å². The number of piperidine rings is 1. The molecule has 1 saturated heterocycles. The van der Waals surface area contributed by atoms with Crippen LogP contribution in [0.5, 0.6) is 11.6 Å². The average molecular weight is 377 g/mol. The van der Waals surface area contributed by atoms with Gasteiger partial charge < -0.3 is 9.64 Å². The molecule has 26 heavy (non-hydrogen) atoms. The molecule has 1 atom stereocenters. The summed E-state index contributed by atoms with van der Waals surface area (Å²) < 4.78 is 5.78. The maximum Gasteiger partial charge on any atom is 0.373 e. The van der Waals surface area contributed by atoms with E-state index in [4.69, 9.17) is 16.3 Å². The first kappa shape index (κ1) is 18.4. The Morgan fingerprint density at radius 3 is 2.58 bits per heavy atom. The van der Waals surface area contributed by atoms with Crippen molar-refractivity contribution in [2.45, 2.75) is 46.1 Å². The highest BCUT2D eigenvalue weighted by molar-refractivity contribution is 6.32. The highest BCUT2D eigenvalue weighted by Gasteiger charge is 2.32. The van der Waals surface area contributed by atoms with Crippen molar-refractivity contribution in [2.24, 2.45) is 0 Å². The third-order valence-electron chi connectivity index (χ3n) is 4.65. The molecule has 1 aromatic carbocycles. The van der Waals surface area contributed by atoms with E-state index >= 15 is 0 Å². The normalized spacial score (nSPS) is 17.2. The molecule has 0 N–H and O–H groups in total. The van der Waals surface area contributed by atoms with Crippen LogP contribution >= 0.6 is 11.6 Å². The zero-order chi connectivity index (χ0) is 18.8. The minimum absolute atomic E-state index is 0.0566. The zero-order valence-electron chi connectivity index (χ0n) is 15.0. The largest absolute Gasteiger partial charge is 0.434 e. The molecule has 2 heterocycles. The van der Waals surface area contributed by atoms with Crippen LogP contribution in [0.2, 0.25) is 5.02 Å². The van der Waals surface area contributed by atoms with E-state index in [0.29, 0.717) is 16.6 Å². The van der Waals surface area contributed by atoms with E-state index in [2.05, 4.69) is 16.9 Å². The molecule has 0 amide bonds. The molecule has 1 aliphatic rings. The number of aryl methyl sites for hydroxylation is 2. The molecule has 1 fully saturated rings. The summed E-state index contributed by atoms with van der Waals surface area (Å²) in [6, 6.07) is 3.67. The summed E-state index contributed by atoms with van der Waals surface area (Å²) in [7, 11) is 0. The second kappa shape index (κ2) is 7.45. The maximum absolute atomic E-state index is 11.8. The molecule has 1 aliphatic heterocycles. The molecule has 138 valence electrons. The van der Waals surface area contributed by atoms with Gasteiger partial charge in [-0.2, -0.15) is 4.98 Å². The van der Waals surface area contributed by atoms with Crippen LogP contribution in [0.3, 0.4) is 0 Å². The minimum Gasteiger partial charge on any atom is -0.434 e. The number of halogens is 1. The van der Waals surface area contributed by atoms with Crippen molar-refractivity contribution in [1.82, 2.24) is 9.97 Å². The first-order chi connectivity index (χ1) is 12.4. The van der Waals surface area contributed by atoms with E-state index in [1.165, 1.54) is 6.33 Å². The molecule has 1 unspecified atom stereocenters. The smallest absolute Gasteiger partial charge is 0.373 e. The first-order valence-electron chi connectivity index (χ1n) is 8.59. The van der Waals surface area contributed by atoms with Gasteiger partial charge in [0.25, 0.3) is 0 Å². The molecular formula is C18H21ClN4O3. The Balaban J connectivity index is 2.02. The Bertz CT molecular complexity index is 820. The average Bonchev–Trinajstić information content (AvgIpc) is 2.59. The summed E-state index contributed by atoms with van der Waals surface area (Å²) >= 11 is 6.18. The minimum atomic E-state index is -0.471. The van der Waals surface area contributed by atoms with Crippen molar-refractivity contribution in [3.8, 4) is 11.6 Å². The lowest BCUT2D eigenvalue weighted by molar-refractivity contribution is -0.385. The third-order valence-corrected chi connectivity index (χ3v) is 5.25. The Morgan fingerprint density at radius 2 is 1.96 bits per heavy atom. The van der Waals surface area contributed by atoms with E-state index in [1.54, 1.807) is 12.1 Å². The van der Waals surface area contributed by atoms with Gasteiger partial charge in [-0.1, -0.05) is 11.6 Å². The summed E-state index contributed by atoms with van der Waals surface area (Å²) in [5, 5.41) is 12.4. The van der Waals surface area contributed by atoms with Crippen LogP contribution in [0, 0.1) is 24.0 Å². The van der Waals surface area contributed by atoms with Crippen LogP contribution in [0.25, 0.3) is 0 Å². The first-order valence-corrected chi connectivity index (χ1v) is 8.97. The van der Waals surface area contributed by atoms with Crippen LogP contribution in [0.4, 0.5) is 11.5 Å². The van der Waals surface area contributed by atoms with Gasteiger partial charge in [0, 0.05) is 17.6 Å². The summed E-state index contributed by atoms with van der Waals surface area (Å²) in [6.45, 7) is 6.50. The molecule has 0 spiro atoms. The Hall–Kier alpha value is -2.41. The number of hydrogen-bond acceptors (Lipinski definition) is 6. The summed E-state index contributed by atoms with van der Waals surface area (Å²) in [4.78, 5) is 21.5. The Labute approximate surface area is 157 Å². The number of rotatable bonds is 4. The SMILES string of the molecule is Cc1cc(Oc2ncnc(N3CCCCC3C)c2[N+](=O)[O-])cc(C)c1Cl. The summed E-state index contributed by atoms with van der Waals surface area (Å²) in [6.07, 6.45) is 4.39. The fourth-order valence-electron chi connectivity index (χ4n) is 3.29. The van der Waals surface area contributed by atoms with Crippen molar-refractivity contribution >= 4 is 23.1 Å². The molecule has 0 saturated carbocycles. The monoisotopic (exact) mass is 376 g/mol. The van der Waals surface area contributed by atoms with Gasteiger partial charge in [-0.3, -0.25) is 10.1 Å². The summed E-state index contributed by atoms with van der Waals surface area (Å²) in [5.41, 5.74) is 1.47. The standard InChI is InChI=1S/C18H21ClN4O3/c1-11-8-14(9-12(2)15(11)19)26-18-16(23(24)25)17(20-10-21-18)22-7-5-4-6-13(22)3/h8-10,13H,4-7H2,1-3H3. The Morgan fingerprint density at radius 1 is 1.27 bits per heavy atom. The number of benzene rings is 1. The molecule has 8 heteroatoms. The molecule has 1 aromatic heterocycles. The van der Waals surface area contributed by atoms with Gasteiger partial charge in [0.05, 0.1) is 4.92 Å². The fraction of sp³-hybridized carbons (Fsp3) is 0.444. The molecular weight excluding hydrogens is 356 g/mol. The van der Waals surface area contributed by atoms with Crippen LogP contribution in [0.1, 0.15) is 37.3 Å². The van der Waals surface area contributed by atoms with E-state index in [9.17, 15) is 10.1 Å². The van der Waals surface area contributed by atoms with Crippen molar-refractivity contribution in [2.75, 3.05) is 11.4 Å². The number of nitro groups is 1. The molecule has 7 nitrogen and oxygen atoms in total. The maximum atomic E-state index is 11.8. The quantitative estimate of drug-likeness (QED) is 0.561. The lowest BCUT2D eigenvalue weighted by Gasteiger charge is -2.33. The predicted molar refractivity (Wildman–Crippen MR) is 100 cm³/mol. The number of hydrogen-bond donors (Lipinski definition) is 0. The zero-order valence-corrected chi connectivity index (χ0v) is 15.8. The number of ether oxygens (including phenoxy) is 1. The molecule has 0 aliphatic carbocycles. The van der Waals surface area contributed by atoms with E-state index in [-0.39, 0.29) is 17.6 Å². The highest BCUT2D eigenvalue weighted by atomic mass is 35.5. The van der Waals surface area contributed by atoms with Crippen molar-refractivity contribution in [1.29, 1.82) is 0 Å². The van der Waals surface area contributed by atoms with Crippen LogP contribution in [-0.4, -0.2) is 27.5 Å². The molecule has 2 aromatic rings. The van der Waals surface area contributed by atoms with Gasteiger partial charge in [-0.25, -0.2) is 4.98 Å². The molecule has 3 rings (SSSR count). The van der Waals surface area contributed by atoms with Gasteiger partial charge in [0.2, 0.25) is 5.82 Å². The van der Waals surface area contributed by atoms with Crippen LogP contribution in [-0.2, 0) is 0 Å². The fourth-order valence-corrected chi connectivity index (χ4v) is 3.40. The molecule has 0 radical (unpaired) electrons. The lowest BCUT2D eigenvalue weighted by Crippen LogP contribution is -2.38. The van der Waals surface area contributed by atoms with Gasteiger partial charge in [-0.15, -0.1) is 0 Å². The summed E-state index contributed by atoms with van der Waals surface area (Å²) in [5.74, 6) is 0.720. The van der Waals surface area contributed by atoms with Crippen LogP contribution in [0.15, 0.2) is 18.5 Å². The van der Waals surface area contributed by atoms with E-state index in [0.717, 1.165) is 36.9 Å². The van der Waals surface area contributed by atoms with Crippen molar-refractivity contribution < 1.29 is 9.66 Å². The number of nitrogens with zero attached hydrogens (tertiary/aromatic N) is 4. The van der Waals surface area contributed by atoms with Gasteiger partial charge >= 0.3 is 11.6 Å². The predicted octanol–water partition coefficient (Wildman–Crippen LogP) is 4.83. The van der Waals surface area contributed by atoms with E-state index in [1.807, 2.05) is 18.7 Å². The van der Waals surface area contributed by atoms with Crippen LogP contribution < -0.4 is 9.64 Å². The topological polar surface area (TPSA) is 81.4 Å². The van der Waals surface area contributed by atoms with Gasteiger partial charge in [-0.05, 0) is 63.3 Å². The lowest BCUT2D eigenvalue weighted by atomic mass is 10.0. The van der Waals surface area contributed by atoms with E-state index < -0.39 is 4.92 Å².